The van der Waals surface area contributed by atoms with Crippen LogP contribution in [0, 0.1) is 11.8 Å². The number of thiazole rings is 1. The third-order valence-electron chi connectivity index (χ3n) is 4.86. The van der Waals surface area contributed by atoms with Crippen molar-refractivity contribution < 1.29 is 14.7 Å². The van der Waals surface area contributed by atoms with E-state index in [0.29, 0.717) is 18.2 Å². The maximum atomic E-state index is 12.9. The van der Waals surface area contributed by atoms with Gasteiger partial charge in [0.25, 0.3) is 0 Å². The number of nitrogens with zero attached hydrogens (tertiary/aromatic N) is 2. The van der Waals surface area contributed by atoms with E-state index in [2.05, 4.69) is 4.98 Å². The van der Waals surface area contributed by atoms with Gasteiger partial charge in [-0.3, -0.25) is 9.59 Å². The van der Waals surface area contributed by atoms with Crippen LogP contribution in [0.1, 0.15) is 42.7 Å². The number of amides is 1. The standard InChI is InChI=1S/C15H21N3O3S/c1-8-5-6-18(7-10(8)14(20)21)13(19)9-3-2-4-11-12(9)17-15(16)22-11/h8-10H,2-7H2,1H3,(H2,16,17)(H,20,21). The fraction of sp³-hybridized carbons (Fsp3) is 0.667. The van der Waals surface area contributed by atoms with E-state index < -0.39 is 11.9 Å². The Morgan fingerprint density at radius 2 is 2.18 bits per heavy atom. The molecule has 3 N–H and O–H groups in total. The molecule has 6 nitrogen and oxygen atoms in total. The number of carboxylic acid groups (broad SMARTS) is 1. The highest BCUT2D eigenvalue weighted by Crippen LogP contribution is 2.37. The average Bonchev–Trinajstić information content (AvgIpc) is 2.86. The van der Waals surface area contributed by atoms with Crippen molar-refractivity contribution >= 4 is 28.3 Å². The number of carbonyl (C=O) groups excluding carboxylic acids is 1. The summed E-state index contributed by atoms with van der Waals surface area (Å²) in [4.78, 5) is 31.4. The van der Waals surface area contributed by atoms with E-state index in [1.807, 2.05) is 6.92 Å². The minimum Gasteiger partial charge on any atom is -0.481 e. The van der Waals surface area contributed by atoms with Crippen molar-refractivity contribution in [2.24, 2.45) is 11.8 Å². The van der Waals surface area contributed by atoms with E-state index in [-0.39, 0.29) is 17.7 Å². The summed E-state index contributed by atoms with van der Waals surface area (Å²) in [6.45, 7) is 2.89. The maximum absolute atomic E-state index is 12.9. The molecule has 3 atom stereocenters. The molecule has 2 aliphatic rings. The number of hydrogen-bond donors (Lipinski definition) is 2. The number of carboxylic acids is 1. The fourth-order valence-corrected chi connectivity index (χ4v) is 4.42. The van der Waals surface area contributed by atoms with Gasteiger partial charge in [0, 0.05) is 18.0 Å². The first kappa shape index (κ1) is 15.3. The van der Waals surface area contributed by atoms with Gasteiger partial charge in [0.15, 0.2) is 5.13 Å². The lowest BCUT2D eigenvalue weighted by Gasteiger charge is -2.37. The highest BCUT2D eigenvalue weighted by Gasteiger charge is 2.38. The number of nitrogen functional groups attached to an aromatic ring is 1. The summed E-state index contributed by atoms with van der Waals surface area (Å²) in [6, 6.07) is 0. The predicted molar refractivity (Wildman–Crippen MR) is 83.7 cm³/mol. The molecule has 0 radical (unpaired) electrons. The van der Waals surface area contributed by atoms with E-state index in [4.69, 9.17) is 5.73 Å². The number of aromatic nitrogens is 1. The number of nitrogens with two attached hydrogens (primary N) is 1. The minimum absolute atomic E-state index is 0.0180. The Kier molecular flexibility index (Phi) is 4.08. The van der Waals surface area contributed by atoms with Crippen LogP contribution >= 0.6 is 11.3 Å². The molecule has 3 unspecified atom stereocenters. The number of hydrogen-bond acceptors (Lipinski definition) is 5. The van der Waals surface area contributed by atoms with Crippen LogP contribution in [0.2, 0.25) is 0 Å². The number of aliphatic carboxylic acids is 1. The molecule has 2 heterocycles. The monoisotopic (exact) mass is 323 g/mol. The number of fused-ring (bicyclic) bond motifs is 1. The van der Waals surface area contributed by atoms with E-state index in [0.717, 1.165) is 36.3 Å². The van der Waals surface area contributed by atoms with Crippen LogP contribution in [-0.4, -0.2) is 40.0 Å². The van der Waals surface area contributed by atoms with Crippen molar-refractivity contribution in [2.75, 3.05) is 18.8 Å². The Morgan fingerprint density at radius 3 is 2.91 bits per heavy atom. The third-order valence-corrected chi connectivity index (χ3v) is 5.82. The summed E-state index contributed by atoms with van der Waals surface area (Å²) in [6.07, 6.45) is 3.40. The summed E-state index contributed by atoms with van der Waals surface area (Å²) in [5, 5.41) is 9.83. The highest BCUT2D eigenvalue weighted by molar-refractivity contribution is 7.15. The molecule has 0 bridgehead atoms. The Labute approximate surface area is 133 Å². The number of anilines is 1. The molecule has 120 valence electrons. The van der Waals surface area contributed by atoms with Gasteiger partial charge >= 0.3 is 5.97 Å². The van der Waals surface area contributed by atoms with Gasteiger partial charge in [-0.15, -0.1) is 11.3 Å². The molecule has 0 spiro atoms. The van der Waals surface area contributed by atoms with Crippen LogP contribution in [0.5, 0.6) is 0 Å². The quantitative estimate of drug-likeness (QED) is 0.863. The fourth-order valence-electron chi connectivity index (χ4n) is 3.49. The zero-order chi connectivity index (χ0) is 15.9. The Morgan fingerprint density at radius 1 is 1.41 bits per heavy atom. The van der Waals surface area contributed by atoms with E-state index in [1.54, 1.807) is 4.90 Å². The topological polar surface area (TPSA) is 96.5 Å². The Bertz CT molecular complexity index is 601. The van der Waals surface area contributed by atoms with Crippen molar-refractivity contribution in [3.05, 3.63) is 10.6 Å². The van der Waals surface area contributed by atoms with Crippen LogP contribution in [0.25, 0.3) is 0 Å². The zero-order valence-corrected chi connectivity index (χ0v) is 13.4. The molecule has 1 aliphatic carbocycles. The number of rotatable bonds is 2. The zero-order valence-electron chi connectivity index (χ0n) is 12.6. The van der Waals surface area contributed by atoms with Crippen molar-refractivity contribution in [1.82, 2.24) is 9.88 Å². The Hall–Kier alpha value is -1.63. The first-order valence-electron chi connectivity index (χ1n) is 7.74. The van der Waals surface area contributed by atoms with Crippen molar-refractivity contribution in [3.8, 4) is 0 Å². The molecule has 0 saturated carbocycles. The van der Waals surface area contributed by atoms with Crippen molar-refractivity contribution in [2.45, 2.75) is 38.5 Å². The molecule has 1 aliphatic heterocycles. The molecular weight excluding hydrogens is 302 g/mol. The molecule has 1 fully saturated rings. The second kappa shape index (κ2) is 5.87. The molecule has 1 saturated heterocycles. The van der Waals surface area contributed by atoms with Gasteiger partial charge in [0.2, 0.25) is 5.91 Å². The minimum atomic E-state index is -0.813. The second-order valence-electron chi connectivity index (χ2n) is 6.30. The lowest BCUT2D eigenvalue weighted by Crippen LogP contribution is -2.47. The summed E-state index contributed by atoms with van der Waals surface area (Å²) in [7, 11) is 0. The molecule has 1 aromatic heterocycles. The molecular formula is C15H21N3O3S. The number of likely N-dealkylation sites (tertiary alicyclic amines) is 1. The summed E-state index contributed by atoms with van der Waals surface area (Å²) >= 11 is 1.47. The average molecular weight is 323 g/mol. The van der Waals surface area contributed by atoms with Gasteiger partial charge in [-0.05, 0) is 31.6 Å². The van der Waals surface area contributed by atoms with Crippen molar-refractivity contribution in [3.63, 3.8) is 0 Å². The molecule has 22 heavy (non-hydrogen) atoms. The van der Waals surface area contributed by atoms with Crippen LogP contribution < -0.4 is 5.73 Å². The van der Waals surface area contributed by atoms with E-state index >= 15 is 0 Å². The SMILES string of the molecule is CC1CCN(C(=O)C2CCCc3sc(N)nc32)CC1C(=O)O. The number of piperidine rings is 1. The van der Waals surface area contributed by atoms with E-state index in [9.17, 15) is 14.7 Å². The third kappa shape index (κ3) is 2.69. The molecule has 7 heteroatoms. The summed E-state index contributed by atoms with van der Waals surface area (Å²) < 4.78 is 0. The second-order valence-corrected chi connectivity index (χ2v) is 7.42. The van der Waals surface area contributed by atoms with E-state index in [1.165, 1.54) is 11.3 Å². The lowest BCUT2D eigenvalue weighted by atomic mass is 9.85. The van der Waals surface area contributed by atoms with Gasteiger partial charge in [0.1, 0.15) is 0 Å². The summed E-state index contributed by atoms with van der Waals surface area (Å²) in [5.41, 5.74) is 6.61. The van der Waals surface area contributed by atoms with Gasteiger partial charge in [0.05, 0.1) is 17.5 Å². The van der Waals surface area contributed by atoms with Gasteiger partial charge in [-0.2, -0.15) is 0 Å². The van der Waals surface area contributed by atoms with Crippen molar-refractivity contribution in [1.29, 1.82) is 0 Å². The van der Waals surface area contributed by atoms with Gasteiger partial charge in [-0.25, -0.2) is 4.98 Å². The Balaban J connectivity index is 1.78. The highest BCUT2D eigenvalue weighted by atomic mass is 32.1. The molecule has 0 aromatic carbocycles. The molecule has 1 amide bonds. The smallest absolute Gasteiger partial charge is 0.308 e. The summed E-state index contributed by atoms with van der Waals surface area (Å²) in [5.74, 6) is -1.41. The number of carbonyl (C=O) groups is 2. The maximum Gasteiger partial charge on any atom is 0.308 e. The first-order valence-corrected chi connectivity index (χ1v) is 8.55. The van der Waals surface area contributed by atoms with Gasteiger partial charge < -0.3 is 15.7 Å². The van der Waals surface area contributed by atoms with Crippen LogP contribution in [-0.2, 0) is 16.0 Å². The molecule has 3 rings (SSSR count). The largest absolute Gasteiger partial charge is 0.481 e. The lowest BCUT2D eigenvalue weighted by molar-refractivity contribution is -0.148. The van der Waals surface area contributed by atoms with Crippen LogP contribution in [0.3, 0.4) is 0 Å². The normalized spacial score (nSPS) is 28.2. The van der Waals surface area contributed by atoms with Crippen LogP contribution in [0.15, 0.2) is 0 Å². The first-order chi connectivity index (χ1) is 10.5. The van der Waals surface area contributed by atoms with Gasteiger partial charge in [-0.1, -0.05) is 6.92 Å². The van der Waals surface area contributed by atoms with Crippen LogP contribution in [0.4, 0.5) is 5.13 Å². The predicted octanol–water partition coefficient (Wildman–Crippen LogP) is 1.71. The number of aryl methyl sites for hydroxylation is 1. The molecule has 1 aromatic rings.